The molecule has 1 unspecified atom stereocenters. The summed E-state index contributed by atoms with van der Waals surface area (Å²) in [7, 11) is 0. The highest BCUT2D eigenvalue weighted by Gasteiger charge is 2.13. The van der Waals surface area contributed by atoms with Crippen LogP contribution < -0.4 is 10.6 Å². The first kappa shape index (κ1) is 13.3. The summed E-state index contributed by atoms with van der Waals surface area (Å²) in [5.41, 5.74) is 0.853. The van der Waals surface area contributed by atoms with E-state index in [0.717, 1.165) is 25.3 Å². The zero-order chi connectivity index (χ0) is 12.3. The minimum Gasteiger partial charge on any atom is -0.383 e. The van der Waals surface area contributed by atoms with E-state index in [1.54, 1.807) is 12.1 Å². The second-order valence-corrected chi connectivity index (χ2v) is 5.56. The SMILES string of the molecule is Clc1cc(Cl)c(NCC2CCCNC2)cc1Cl. The maximum absolute atomic E-state index is 6.10. The van der Waals surface area contributed by atoms with Gasteiger partial charge in [0.1, 0.15) is 0 Å². The van der Waals surface area contributed by atoms with Gasteiger partial charge in [0.2, 0.25) is 0 Å². The minimum absolute atomic E-state index is 0.488. The molecule has 1 atom stereocenters. The van der Waals surface area contributed by atoms with E-state index in [2.05, 4.69) is 10.6 Å². The third kappa shape index (κ3) is 3.65. The van der Waals surface area contributed by atoms with Gasteiger partial charge in [-0.2, -0.15) is 0 Å². The van der Waals surface area contributed by atoms with Crippen molar-refractivity contribution in [2.24, 2.45) is 5.92 Å². The second kappa shape index (κ2) is 6.14. The summed E-state index contributed by atoms with van der Waals surface area (Å²) in [6.45, 7) is 3.10. The van der Waals surface area contributed by atoms with Crippen molar-refractivity contribution in [1.29, 1.82) is 0 Å². The van der Waals surface area contributed by atoms with Gasteiger partial charge in [0.15, 0.2) is 0 Å². The van der Waals surface area contributed by atoms with Crippen molar-refractivity contribution in [2.45, 2.75) is 12.8 Å². The fourth-order valence-electron chi connectivity index (χ4n) is 2.01. The molecule has 1 aliphatic heterocycles. The van der Waals surface area contributed by atoms with Gasteiger partial charge in [-0.05, 0) is 44.0 Å². The monoisotopic (exact) mass is 292 g/mol. The first-order valence-electron chi connectivity index (χ1n) is 5.76. The van der Waals surface area contributed by atoms with Crippen LogP contribution in [0.1, 0.15) is 12.8 Å². The fraction of sp³-hybridized carbons (Fsp3) is 0.500. The Morgan fingerprint density at radius 1 is 1.18 bits per heavy atom. The van der Waals surface area contributed by atoms with Crippen molar-refractivity contribution in [3.63, 3.8) is 0 Å². The van der Waals surface area contributed by atoms with Gasteiger partial charge in [-0.3, -0.25) is 0 Å². The molecule has 1 aliphatic rings. The summed E-state index contributed by atoms with van der Waals surface area (Å²) >= 11 is 17.9. The Kier molecular flexibility index (Phi) is 4.80. The van der Waals surface area contributed by atoms with Crippen molar-refractivity contribution in [1.82, 2.24) is 5.32 Å². The van der Waals surface area contributed by atoms with E-state index in [0.29, 0.717) is 21.0 Å². The van der Waals surface area contributed by atoms with E-state index in [1.807, 2.05) is 0 Å². The van der Waals surface area contributed by atoms with E-state index in [1.165, 1.54) is 12.8 Å². The van der Waals surface area contributed by atoms with Crippen molar-refractivity contribution < 1.29 is 0 Å². The zero-order valence-electron chi connectivity index (χ0n) is 9.40. The summed E-state index contributed by atoms with van der Waals surface area (Å²) in [5, 5.41) is 8.35. The summed E-state index contributed by atoms with van der Waals surface area (Å²) in [4.78, 5) is 0. The van der Waals surface area contributed by atoms with Crippen molar-refractivity contribution in [3.8, 4) is 0 Å². The van der Waals surface area contributed by atoms with Gasteiger partial charge < -0.3 is 10.6 Å². The smallest absolute Gasteiger partial charge is 0.0653 e. The maximum atomic E-state index is 6.10. The van der Waals surface area contributed by atoms with Crippen molar-refractivity contribution in [2.75, 3.05) is 25.0 Å². The normalized spacial score (nSPS) is 20.3. The molecule has 0 aromatic heterocycles. The predicted octanol–water partition coefficient (Wildman–Crippen LogP) is 4.06. The summed E-state index contributed by atoms with van der Waals surface area (Å²) in [6.07, 6.45) is 2.49. The molecule has 2 nitrogen and oxygen atoms in total. The Bertz CT molecular complexity index is 390. The van der Waals surface area contributed by atoms with Gasteiger partial charge in [-0.25, -0.2) is 0 Å². The van der Waals surface area contributed by atoms with Crippen molar-refractivity contribution in [3.05, 3.63) is 27.2 Å². The van der Waals surface area contributed by atoms with Gasteiger partial charge in [-0.1, -0.05) is 34.8 Å². The Labute approximate surface area is 117 Å². The van der Waals surface area contributed by atoms with Crippen LogP contribution in [0.25, 0.3) is 0 Å². The van der Waals surface area contributed by atoms with E-state index in [9.17, 15) is 0 Å². The molecule has 1 aromatic rings. The lowest BCUT2D eigenvalue weighted by Crippen LogP contribution is -2.33. The molecule has 2 N–H and O–H groups in total. The van der Waals surface area contributed by atoms with Crippen molar-refractivity contribution >= 4 is 40.5 Å². The molecule has 94 valence electrons. The Balaban J connectivity index is 1.96. The third-order valence-electron chi connectivity index (χ3n) is 2.99. The van der Waals surface area contributed by atoms with Crippen LogP contribution in [0, 0.1) is 5.92 Å². The van der Waals surface area contributed by atoms with E-state index < -0.39 is 0 Å². The van der Waals surface area contributed by atoms with Gasteiger partial charge in [-0.15, -0.1) is 0 Å². The van der Waals surface area contributed by atoms with Crippen LogP contribution in [0.15, 0.2) is 12.1 Å². The molecule has 0 spiro atoms. The summed E-state index contributed by atoms with van der Waals surface area (Å²) in [5.74, 6) is 0.647. The van der Waals surface area contributed by atoms with Gasteiger partial charge in [0.05, 0.1) is 20.8 Å². The highest BCUT2D eigenvalue weighted by atomic mass is 35.5. The quantitative estimate of drug-likeness (QED) is 0.821. The summed E-state index contributed by atoms with van der Waals surface area (Å²) < 4.78 is 0. The molecule has 2 rings (SSSR count). The lowest BCUT2D eigenvalue weighted by Gasteiger charge is -2.23. The number of benzene rings is 1. The molecule has 0 radical (unpaired) electrons. The van der Waals surface area contributed by atoms with Gasteiger partial charge >= 0.3 is 0 Å². The van der Waals surface area contributed by atoms with E-state index >= 15 is 0 Å². The molecular weight excluding hydrogens is 279 g/mol. The first-order chi connectivity index (χ1) is 8.16. The number of halogens is 3. The zero-order valence-corrected chi connectivity index (χ0v) is 11.7. The lowest BCUT2D eigenvalue weighted by molar-refractivity contribution is 0.393. The minimum atomic E-state index is 0.488. The topological polar surface area (TPSA) is 24.1 Å². The number of nitrogens with one attached hydrogen (secondary N) is 2. The highest BCUT2D eigenvalue weighted by Crippen LogP contribution is 2.32. The average molecular weight is 294 g/mol. The molecule has 0 amide bonds. The van der Waals surface area contributed by atoms with Crippen LogP contribution in [0.3, 0.4) is 0 Å². The number of anilines is 1. The Morgan fingerprint density at radius 3 is 2.65 bits per heavy atom. The highest BCUT2D eigenvalue weighted by molar-refractivity contribution is 6.44. The summed E-state index contributed by atoms with van der Waals surface area (Å²) in [6, 6.07) is 3.45. The number of hydrogen-bond donors (Lipinski definition) is 2. The molecule has 1 saturated heterocycles. The van der Waals surface area contributed by atoms with E-state index in [4.69, 9.17) is 34.8 Å². The van der Waals surface area contributed by atoms with Crippen LogP contribution in [-0.4, -0.2) is 19.6 Å². The largest absolute Gasteiger partial charge is 0.383 e. The Hall–Kier alpha value is -0.150. The second-order valence-electron chi connectivity index (χ2n) is 4.34. The molecule has 17 heavy (non-hydrogen) atoms. The molecule has 0 bridgehead atoms. The average Bonchev–Trinajstić information content (AvgIpc) is 2.33. The molecule has 1 aromatic carbocycles. The van der Waals surface area contributed by atoms with Crippen LogP contribution in [0.2, 0.25) is 15.1 Å². The van der Waals surface area contributed by atoms with Crippen LogP contribution in [0.5, 0.6) is 0 Å². The van der Waals surface area contributed by atoms with E-state index in [-0.39, 0.29) is 0 Å². The Morgan fingerprint density at radius 2 is 1.94 bits per heavy atom. The number of rotatable bonds is 3. The predicted molar refractivity (Wildman–Crippen MR) is 75.6 cm³/mol. The molecule has 1 fully saturated rings. The molecule has 1 heterocycles. The maximum Gasteiger partial charge on any atom is 0.0653 e. The number of hydrogen-bond acceptors (Lipinski definition) is 2. The van der Waals surface area contributed by atoms with Gasteiger partial charge in [0, 0.05) is 6.54 Å². The van der Waals surface area contributed by atoms with Crippen LogP contribution >= 0.6 is 34.8 Å². The molecule has 5 heteroatoms. The molecule has 0 saturated carbocycles. The number of piperidine rings is 1. The molecule has 0 aliphatic carbocycles. The fourth-order valence-corrected chi connectivity index (χ4v) is 2.62. The van der Waals surface area contributed by atoms with Crippen LogP contribution in [0.4, 0.5) is 5.69 Å². The first-order valence-corrected chi connectivity index (χ1v) is 6.89. The van der Waals surface area contributed by atoms with Gasteiger partial charge in [0.25, 0.3) is 0 Å². The molecular formula is C12H15Cl3N2. The lowest BCUT2D eigenvalue weighted by atomic mass is 10.00. The standard InChI is InChI=1S/C12H15Cl3N2/c13-9-4-11(15)12(5-10(9)14)17-7-8-2-1-3-16-6-8/h4-5,8,16-17H,1-3,6-7H2. The third-order valence-corrected chi connectivity index (χ3v) is 4.02. The van der Waals surface area contributed by atoms with Crippen LogP contribution in [-0.2, 0) is 0 Å².